The summed E-state index contributed by atoms with van der Waals surface area (Å²) in [5.74, 6) is 0.832. The molecule has 4 rings (SSSR count). The van der Waals surface area contributed by atoms with Crippen LogP contribution in [0.2, 0.25) is 0 Å². The lowest BCUT2D eigenvalue weighted by atomic mass is 10.1. The Morgan fingerprint density at radius 1 is 1.29 bits per heavy atom. The molecular formula is C19H20N2O2S. The molecule has 1 N–H and O–H groups in total. The predicted octanol–water partition coefficient (Wildman–Crippen LogP) is 4.27. The number of phenols is 1. The number of para-hydroxylation sites is 1. The van der Waals surface area contributed by atoms with E-state index in [4.69, 9.17) is 9.72 Å². The first-order valence-electron chi connectivity index (χ1n) is 8.31. The summed E-state index contributed by atoms with van der Waals surface area (Å²) in [6.45, 7) is 5.52. The highest BCUT2D eigenvalue weighted by atomic mass is 32.1. The van der Waals surface area contributed by atoms with Crippen LogP contribution >= 0.6 is 11.3 Å². The molecule has 0 saturated heterocycles. The summed E-state index contributed by atoms with van der Waals surface area (Å²) < 4.78 is 6.96. The molecule has 24 heavy (non-hydrogen) atoms. The minimum absolute atomic E-state index is 0.208. The normalized spacial score (nSPS) is 15.0. The average molecular weight is 340 g/mol. The Balaban J connectivity index is 1.76. The molecule has 5 heteroatoms. The van der Waals surface area contributed by atoms with E-state index in [1.54, 1.807) is 17.4 Å². The van der Waals surface area contributed by atoms with Gasteiger partial charge in [0.1, 0.15) is 11.6 Å². The third kappa shape index (κ3) is 2.85. The van der Waals surface area contributed by atoms with Crippen LogP contribution in [0.15, 0.2) is 36.4 Å². The zero-order valence-electron chi connectivity index (χ0n) is 13.7. The van der Waals surface area contributed by atoms with E-state index in [1.165, 1.54) is 0 Å². The molecule has 0 amide bonds. The third-order valence-electron chi connectivity index (χ3n) is 4.27. The van der Waals surface area contributed by atoms with Gasteiger partial charge in [-0.2, -0.15) is 0 Å². The molecule has 0 saturated carbocycles. The number of fused-ring (bicyclic) bond motifs is 2. The van der Waals surface area contributed by atoms with E-state index in [0.29, 0.717) is 12.4 Å². The number of aromatic nitrogens is 1. The summed E-state index contributed by atoms with van der Waals surface area (Å²) in [5, 5.41) is 11.4. The Kier molecular flexibility index (Phi) is 4.12. The summed E-state index contributed by atoms with van der Waals surface area (Å²) in [6.07, 6.45) is 1.11. The van der Waals surface area contributed by atoms with Crippen LogP contribution in [0.3, 0.4) is 0 Å². The molecule has 124 valence electrons. The van der Waals surface area contributed by atoms with Crippen molar-refractivity contribution < 1.29 is 9.84 Å². The van der Waals surface area contributed by atoms with Gasteiger partial charge in [-0.05, 0) is 37.2 Å². The third-order valence-corrected chi connectivity index (χ3v) is 5.36. The van der Waals surface area contributed by atoms with E-state index in [2.05, 4.69) is 24.0 Å². The molecule has 1 aromatic heterocycles. The summed E-state index contributed by atoms with van der Waals surface area (Å²) >= 11 is 1.65. The van der Waals surface area contributed by atoms with Crippen LogP contribution in [-0.4, -0.2) is 34.7 Å². The summed E-state index contributed by atoms with van der Waals surface area (Å²) in [4.78, 5) is 7.07. The molecule has 0 aliphatic carbocycles. The second kappa shape index (κ2) is 6.42. The van der Waals surface area contributed by atoms with Crippen LogP contribution in [0.25, 0.3) is 20.8 Å². The van der Waals surface area contributed by atoms with Crippen molar-refractivity contribution in [3.8, 4) is 22.1 Å². The average Bonchev–Trinajstić information content (AvgIpc) is 2.90. The molecular weight excluding hydrogens is 320 g/mol. The van der Waals surface area contributed by atoms with Gasteiger partial charge < -0.3 is 9.84 Å². The minimum Gasteiger partial charge on any atom is -0.504 e. The lowest BCUT2D eigenvalue weighted by molar-refractivity contribution is 0.223. The molecule has 1 aliphatic heterocycles. The standard InChI is InChI=1S/C19H20N2O2S/c1-2-7-21-8-9-23-18-14(12-21)10-13(11-16(18)22)19-20-15-5-3-4-6-17(15)24-19/h3-6,10-11,22H,2,7-9,12H2,1H3. The highest BCUT2D eigenvalue weighted by Gasteiger charge is 2.20. The Morgan fingerprint density at radius 3 is 3.00 bits per heavy atom. The number of hydrogen-bond donors (Lipinski definition) is 1. The van der Waals surface area contributed by atoms with Crippen molar-refractivity contribution in [2.75, 3.05) is 19.7 Å². The molecule has 0 unspecified atom stereocenters. The van der Waals surface area contributed by atoms with E-state index in [9.17, 15) is 5.11 Å². The van der Waals surface area contributed by atoms with Crippen LogP contribution in [0, 0.1) is 0 Å². The SMILES string of the molecule is CCCN1CCOc2c(O)cc(-c3nc4ccccc4s3)cc2C1. The van der Waals surface area contributed by atoms with Gasteiger partial charge in [-0.3, -0.25) is 4.90 Å². The Bertz CT molecular complexity index is 842. The number of phenolic OH excluding ortho intramolecular Hbond substituents is 1. The second-order valence-corrected chi connectivity index (χ2v) is 7.13. The fourth-order valence-electron chi connectivity index (χ4n) is 3.18. The van der Waals surface area contributed by atoms with Gasteiger partial charge in [-0.25, -0.2) is 4.98 Å². The van der Waals surface area contributed by atoms with Crippen molar-refractivity contribution in [2.24, 2.45) is 0 Å². The van der Waals surface area contributed by atoms with Crippen LogP contribution in [0.5, 0.6) is 11.5 Å². The number of ether oxygens (including phenoxy) is 1. The number of benzene rings is 2. The highest BCUT2D eigenvalue weighted by Crippen LogP contribution is 2.39. The van der Waals surface area contributed by atoms with Crippen LogP contribution in [0.4, 0.5) is 0 Å². The lowest BCUT2D eigenvalue weighted by Crippen LogP contribution is -2.26. The van der Waals surface area contributed by atoms with Gasteiger partial charge in [-0.15, -0.1) is 11.3 Å². The predicted molar refractivity (Wildman–Crippen MR) is 97.8 cm³/mol. The highest BCUT2D eigenvalue weighted by molar-refractivity contribution is 7.21. The zero-order chi connectivity index (χ0) is 16.5. The maximum absolute atomic E-state index is 10.4. The van der Waals surface area contributed by atoms with E-state index in [0.717, 1.165) is 52.4 Å². The minimum atomic E-state index is 0.208. The smallest absolute Gasteiger partial charge is 0.165 e. The van der Waals surface area contributed by atoms with E-state index < -0.39 is 0 Å². The van der Waals surface area contributed by atoms with Crippen LogP contribution in [-0.2, 0) is 6.54 Å². The van der Waals surface area contributed by atoms with E-state index in [1.807, 2.05) is 18.2 Å². The van der Waals surface area contributed by atoms with Crippen molar-refractivity contribution in [3.05, 3.63) is 42.0 Å². The fourth-order valence-corrected chi connectivity index (χ4v) is 4.13. The molecule has 0 fully saturated rings. The Labute approximate surface area is 145 Å². The van der Waals surface area contributed by atoms with Crippen molar-refractivity contribution in [1.29, 1.82) is 0 Å². The maximum atomic E-state index is 10.4. The molecule has 2 heterocycles. The van der Waals surface area contributed by atoms with Gasteiger partial charge in [0.05, 0.1) is 10.2 Å². The van der Waals surface area contributed by atoms with Gasteiger partial charge in [0, 0.05) is 24.2 Å². The molecule has 4 nitrogen and oxygen atoms in total. The first kappa shape index (κ1) is 15.4. The summed E-state index contributed by atoms with van der Waals surface area (Å²) in [5.41, 5.74) is 2.99. The molecule has 3 aromatic rings. The maximum Gasteiger partial charge on any atom is 0.165 e. The topological polar surface area (TPSA) is 45.6 Å². The van der Waals surface area contributed by atoms with Gasteiger partial charge >= 0.3 is 0 Å². The number of rotatable bonds is 3. The second-order valence-electron chi connectivity index (χ2n) is 6.09. The van der Waals surface area contributed by atoms with Crippen LogP contribution < -0.4 is 4.74 Å². The van der Waals surface area contributed by atoms with Gasteiger partial charge in [0.25, 0.3) is 0 Å². The lowest BCUT2D eigenvalue weighted by Gasteiger charge is -2.18. The number of nitrogens with zero attached hydrogens (tertiary/aromatic N) is 2. The Morgan fingerprint density at radius 2 is 2.17 bits per heavy atom. The van der Waals surface area contributed by atoms with Crippen LogP contribution in [0.1, 0.15) is 18.9 Å². The van der Waals surface area contributed by atoms with Crippen molar-refractivity contribution in [3.63, 3.8) is 0 Å². The van der Waals surface area contributed by atoms with Gasteiger partial charge in [0.2, 0.25) is 0 Å². The number of aromatic hydroxyl groups is 1. The van der Waals surface area contributed by atoms with E-state index >= 15 is 0 Å². The Hall–Kier alpha value is -2.11. The zero-order valence-corrected chi connectivity index (χ0v) is 14.5. The molecule has 0 radical (unpaired) electrons. The number of thiazole rings is 1. The first-order valence-corrected chi connectivity index (χ1v) is 9.13. The van der Waals surface area contributed by atoms with Crippen molar-refractivity contribution in [1.82, 2.24) is 9.88 Å². The molecule has 1 aliphatic rings. The molecule has 0 spiro atoms. The molecule has 2 aromatic carbocycles. The van der Waals surface area contributed by atoms with E-state index in [-0.39, 0.29) is 5.75 Å². The van der Waals surface area contributed by atoms with Crippen molar-refractivity contribution in [2.45, 2.75) is 19.9 Å². The summed E-state index contributed by atoms with van der Waals surface area (Å²) in [6, 6.07) is 12.0. The number of hydrogen-bond acceptors (Lipinski definition) is 5. The molecule has 0 atom stereocenters. The van der Waals surface area contributed by atoms with Crippen molar-refractivity contribution >= 4 is 21.6 Å². The largest absolute Gasteiger partial charge is 0.504 e. The first-order chi connectivity index (χ1) is 11.7. The fraction of sp³-hybridized carbons (Fsp3) is 0.316. The van der Waals surface area contributed by atoms with Gasteiger partial charge in [-0.1, -0.05) is 19.1 Å². The monoisotopic (exact) mass is 340 g/mol. The molecule has 0 bridgehead atoms. The summed E-state index contributed by atoms with van der Waals surface area (Å²) in [7, 11) is 0. The van der Waals surface area contributed by atoms with Gasteiger partial charge in [0.15, 0.2) is 11.5 Å². The quantitative estimate of drug-likeness (QED) is 0.773.